The highest BCUT2D eigenvalue weighted by molar-refractivity contribution is 6.45. The lowest BCUT2D eigenvalue weighted by molar-refractivity contribution is 1.33. The molecule has 0 aliphatic carbocycles. The second-order valence-electron chi connectivity index (χ2n) is 2.83. The number of hydrogen-bond acceptors (Lipinski definition) is 5. The fourth-order valence-electron chi connectivity index (χ4n) is 0.863. The largest absolute Gasteiger partial charge is 0.398 e. The Morgan fingerprint density at radius 3 is 2.75 bits per heavy atom. The van der Waals surface area contributed by atoms with E-state index in [9.17, 15) is 0 Å². The number of benzene rings is 1. The summed E-state index contributed by atoms with van der Waals surface area (Å²) in [6.07, 6.45) is 0. The highest BCUT2D eigenvalue weighted by Gasteiger charge is 2.01. The van der Waals surface area contributed by atoms with Gasteiger partial charge in [-0.2, -0.15) is 10.4 Å². The predicted octanol–water partition coefficient (Wildman–Crippen LogP) is 1.15. The van der Waals surface area contributed by atoms with Crippen LogP contribution in [0.15, 0.2) is 23.3 Å². The minimum Gasteiger partial charge on any atom is -0.398 e. The van der Waals surface area contributed by atoms with Crippen molar-refractivity contribution in [1.29, 1.82) is 10.7 Å². The third-order valence-corrected chi connectivity index (χ3v) is 1.99. The van der Waals surface area contributed by atoms with Gasteiger partial charge in [-0.05, 0) is 18.2 Å². The molecule has 0 amide bonds. The fraction of sp³-hybridized carbons (Fsp3) is 0. The van der Waals surface area contributed by atoms with Crippen LogP contribution in [0.1, 0.15) is 0 Å². The topological polar surface area (TPSA) is 124 Å². The number of anilines is 2. The van der Waals surface area contributed by atoms with Gasteiger partial charge < -0.3 is 11.5 Å². The predicted molar refractivity (Wildman–Crippen MR) is 64.4 cm³/mol. The molecule has 0 aliphatic rings. The van der Waals surface area contributed by atoms with Gasteiger partial charge in [0.1, 0.15) is 6.07 Å². The van der Waals surface area contributed by atoms with Crippen LogP contribution in [0.2, 0.25) is 5.02 Å². The lowest BCUT2D eigenvalue weighted by atomic mass is 10.3. The third-order valence-electron chi connectivity index (χ3n) is 1.66. The normalized spacial score (nSPS) is 10.6. The maximum atomic E-state index is 8.59. The number of halogens is 1. The Balaban J connectivity index is 2.86. The standard InChI is InChI=1S/C9H9ClN6/c10-6-3-5(1-2-7(6)12)15-16-8(4-11)9(13)14/h1-3,15H,12H2,(H3,13,14)/b16-8+. The molecule has 0 aromatic heterocycles. The summed E-state index contributed by atoms with van der Waals surface area (Å²) in [5.74, 6) is -0.406. The van der Waals surface area contributed by atoms with Crippen LogP contribution in [0.3, 0.4) is 0 Å². The van der Waals surface area contributed by atoms with Crippen molar-refractivity contribution in [3.05, 3.63) is 23.2 Å². The molecule has 0 heterocycles. The van der Waals surface area contributed by atoms with E-state index in [-0.39, 0.29) is 5.71 Å². The van der Waals surface area contributed by atoms with Crippen molar-refractivity contribution in [3.8, 4) is 6.07 Å². The van der Waals surface area contributed by atoms with Gasteiger partial charge in [-0.3, -0.25) is 10.8 Å². The van der Waals surface area contributed by atoms with Crippen molar-refractivity contribution < 1.29 is 0 Å². The maximum Gasteiger partial charge on any atom is 0.201 e. The molecule has 0 radical (unpaired) electrons. The number of nitrogen functional groups attached to an aromatic ring is 1. The number of nitrogens with zero attached hydrogens (tertiary/aromatic N) is 2. The quantitative estimate of drug-likeness (QED) is 0.272. The van der Waals surface area contributed by atoms with Crippen LogP contribution in [-0.4, -0.2) is 11.5 Å². The van der Waals surface area contributed by atoms with Crippen LogP contribution in [0.25, 0.3) is 0 Å². The molecule has 1 rings (SSSR count). The van der Waals surface area contributed by atoms with Gasteiger partial charge in [-0.15, -0.1) is 0 Å². The third kappa shape index (κ3) is 2.87. The maximum absolute atomic E-state index is 8.59. The molecular formula is C9H9ClN6. The molecule has 1 aromatic rings. The number of nitriles is 1. The molecule has 0 aliphatic heterocycles. The molecule has 1 aromatic carbocycles. The highest BCUT2D eigenvalue weighted by atomic mass is 35.5. The Labute approximate surface area is 97.0 Å². The summed E-state index contributed by atoms with van der Waals surface area (Å²) in [5.41, 5.74) is 14.0. The fourth-order valence-corrected chi connectivity index (χ4v) is 1.04. The Kier molecular flexibility index (Phi) is 3.69. The van der Waals surface area contributed by atoms with Crippen LogP contribution in [0.4, 0.5) is 11.4 Å². The van der Waals surface area contributed by atoms with Gasteiger partial charge in [0.2, 0.25) is 5.71 Å². The molecule has 6 N–H and O–H groups in total. The van der Waals surface area contributed by atoms with E-state index in [1.165, 1.54) is 0 Å². The molecule has 0 bridgehead atoms. The van der Waals surface area contributed by atoms with E-state index < -0.39 is 5.84 Å². The molecule has 82 valence electrons. The van der Waals surface area contributed by atoms with E-state index in [2.05, 4.69) is 10.5 Å². The monoisotopic (exact) mass is 236 g/mol. The lowest BCUT2D eigenvalue weighted by Gasteiger charge is -2.03. The minimum atomic E-state index is -0.406. The summed E-state index contributed by atoms with van der Waals surface area (Å²) in [4.78, 5) is 0. The zero-order chi connectivity index (χ0) is 12.1. The summed E-state index contributed by atoms with van der Waals surface area (Å²) in [7, 11) is 0. The number of hydrogen-bond donors (Lipinski definition) is 4. The van der Waals surface area contributed by atoms with Crippen molar-refractivity contribution in [1.82, 2.24) is 0 Å². The molecule has 0 spiro atoms. The van der Waals surface area contributed by atoms with Crippen LogP contribution in [0, 0.1) is 16.7 Å². The van der Waals surface area contributed by atoms with E-state index in [1.54, 1.807) is 24.3 Å². The molecule has 0 atom stereocenters. The number of amidine groups is 1. The molecule has 0 unspecified atom stereocenters. The van der Waals surface area contributed by atoms with Crippen LogP contribution < -0.4 is 16.9 Å². The van der Waals surface area contributed by atoms with Gasteiger partial charge in [0, 0.05) is 0 Å². The van der Waals surface area contributed by atoms with Crippen molar-refractivity contribution in [2.75, 3.05) is 11.2 Å². The molecule has 16 heavy (non-hydrogen) atoms. The molecule has 0 saturated carbocycles. The number of hydrazone groups is 1. The van der Waals surface area contributed by atoms with E-state index >= 15 is 0 Å². The summed E-state index contributed by atoms with van der Waals surface area (Å²) in [6.45, 7) is 0. The van der Waals surface area contributed by atoms with Crippen molar-refractivity contribution >= 4 is 34.5 Å². The Morgan fingerprint density at radius 2 is 2.25 bits per heavy atom. The molecule has 0 saturated heterocycles. The van der Waals surface area contributed by atoms with Gasteiger partial charge in [0.05, 0.1) is 16.4 Å². The van der Waals surface area contributed by atoms with Crippen molar-refractivity contribution in [2.24, 2.45) is 10.8 Å². The van der Waals surface area contributed by atoms with Crippen LogP contribution in [-0.2, 0) is 0 Å². The molecule has 7 heteroatoms. The Hall–Kier alpha value is -2.26. The van der Waals surface area contributed by atoms with Gasteiger partial charge in [-0.25, -0.2) is 0 Å². The van der Waals surface area contributed by atoms with Crippen molar-refractivity contribution in [3.63, 3.8) is 0 Å². The SMILES string of the molecule is N#C/C(=N\Nc1ccc(N)c(Cl)c1)C(=N)N. The average Bonchev–Trinajstić information content (AvgIpc) is 2.23. The second kappa shape index (κ2) is 5.00. The summed E-state index contributed by atoms with van der Waals surface area (Å²) < 4.78 is 0. The van der Waals surface area contributed by atoms with Gasteiger partial charge in [-0.1, -0.05) is 11.6 Å². The minimum absolute atomic E-state index is 0.201. The summed E-state index contributed by atoms with van der Waals surface area (Å²) in [5, 5.41) is 19.6. The first-order valence-electron chi connectivity index (χ1n) is 4.18. The van der Waals surface area contributed by atoms with E-state index in [1.807, 2.05) is 0 Å². The second-order valence-corrected chi connectivity index (χ2v) is 3.24. The number of nitrogens with two attached hydrogens (primary N) is 2. The average molecular weight is 237 g/mol. The zero-order valence-corrected chi connectivity index (χ0v) is 8.92. The smallest absolute Gasteiger partial charge is 0.201 e. The zero-order valence-electron chi connectivity index (χ0n) is 8.16. The Morgan fingerprint density at radius 1 is 1.56 bits per heavy atom. The lowest BCUT2D eigenvalue weighted by Crippen LogP contribution is -2.21. The van der Waals surface area contributed by atoms with Crippen LogP contribution in [0.5, 0.6) is 0 Å². The molecule has 0 fully saturated rings. The number of rotatable bonds is 3. The summed E-state index contributed by atoms with van der Waals surface area (Å²) in [6, 6.07) is 6.47. The highest BCUT2D eigenvalue weighted by Crippen LogP contribution is 2.22. The Bertz CT molecular complexity index is 487. The van der Waals surface area contributed by atoms with Crippen molar-refractivity contribution in [2.45, 2.75) is 0 Å². The number of nitrogens with one attached hydrogen (secondary N) is 2. The van der Waals surface area contributed by atoms with Gasteiger partial charge in [0.25, 0.3) is 0 Å². The summed E-state index contributed by atoms with van der Waals surface area (Å²) >= 11 is 5.78. The van der Waals surface area contributed by atoms with Gasteiger partial charge >= 0.3 is 0 Å². The van der Waals surface area contributed by atoms with E-state index in [0.29, 0.717) is 16.4 Å². The van der Waals surface area contributed by atoms with Gasteiger partial charge in [0.15, 0.2) is 5.84 Å². The first-order valence-corrected chi connectivity index (χ1v) is 4.55. The van der Waals surface area contributed by atoms with E-state index in [4.69, 9.17) is 33.7 Å². The molecular weight excluding hydrogens is 228 g/mol. The van der Waals surface area contributed by atoms with E-state index in [0.717, 1.165) is 0 Å². The first kappa shape index (κ1) is 11.8. The molecule has 6 nitrogen and oxygen atoms in total. The van der Waals surface area contributed by atoms with Crippen LogP contribution >= 0.6 is 11.6 Å². The first-order chi connectivity index (χ1) is 7.54.